The van der Waals surface area contributed by atoms with E-state index >= 15 is 4.79 Å². The molecule has 0 radical (unpaired) electrons. The minimum atomic E-state index is -1.79. The maximum absolute atomic E-state index is 15.7. The first-order chi connectivity index (χ1) is 42.6. The van der Waals surface area contributed by atoms with E-state index in [1.165, 1.54) is 28.4 Å². The Morgan fingerprint density at radius 1 is 0.506 bits per heavy atom. The molecule has 10 atom stereocenters. The molecule has 2 aliphatic heterocycles. The van der Waals surface area contributed by atoms with Crippen LogP contribution in [0.5, 0.6) is 0 Å². The first-order valence-electron chi connectivity index (χ1n) is 28.4. The predicted molar refractivity (Wildman–Crippen MR) is 311 cm³/mol. The maximum Gasteiger partial charge on any atom is 0.407 e. The second-order valence-electron chi connectivity index (χ2n) is 20.8. The van der Waals surface area contributed by atoms with Crippen LogP contribution in [0.2, 0.25) is 0 Å². The van der Waals surface area contributed by atoms with Gasteiger partial charge < -0.3 is 83.4 Å². The standard InChI is InChI=1S/C62H72N8O17/c1-76-33-82-53-48(29-66-61(74)80-31-46-42-22-12-8-18-38(42)39-19-9-13-23-43(39)46)86-58(52(56(53)85-36-79-4)69-62(75)81-32-47-44-24-14-10-20-40(44)41-21-11-15-25-45(41)47)60(73)68-51-55(84-35-78-3)54(83-34-77-2)49(30-67-70-63)87-57(51)59(72)64-27-26-50(71)65-28-37-16-6-5-7-17-37/h5-25,46-49,51-58H,26-36H2,1-4H3,(H,64,72)(H,65,71)(H,66,74)(H,68,73)(H,69,75)/t48-,49-,51-,52-,53-,54-,55-,56-,57-,58-/m1/s1. The number of alkyl carbamates (subject to hydrolysis) is 2. The van der Waals surface area contributed by atoms with Gasteiger partial charge in [-0.15, -0.1) is 0 Å². The second kappa shape index (κ2) is 31.6. The number of fused-ring (bicyclic) bond motifs is 6. The van der Waals surface area contributed by atoms with Crippen molar-refractivity contribution < 1.29 is 80.8 Å². The summed E-state index contributed by atoms with van der Waals surface area (Å²) in [6.45, 7) is -2.29. The molecule has 0 spiro atoms. The summed E-state index contributed by atoms with van der Waals surface area (Å²) in [6.07, 6.45) is -13.0. The van der Waals surface area contributed by atoms with E-state index in [4.69, 9.17) is 56.8 Å². The zero-order valence-corrected chi connectivity index (χ0v) is 48.6. The molecular formula is C62H72N8O17. The summed E-state index contributed by atoms with van der Waals surface area (Å²) in [7, 11) is 5.50. The van der Waals surface area contributed by atoms with Crippen LogP contribution < -0.4 is 26.6 Å². The van der Waals surface area contributed by atoms with Crippen molar-refractivity contribution in [3.8, 4) is 22.3 Å². The molecule has 0 saturated carbocycles. The predicted octanol–water partition coefficient (Wildman–Crippen LogP) is 5.54. The molecule has 25 heteroatoms. The normalized spacial score (nSPS) is 22.7. The van der Waals surface area contributed by atoms with Crippen LogP contribution in [0.3, 0.4) is 0 Å². The Morgan fingerprint density at radius 3 is 1.45 bits per heavy atom. The number of azide groups is 1. The summed E-state index contributed by atoms with van der Waals surface area (Å²) in [5.74, 6) is -2.77. The van der Waals surface area contributed by atoms with Crippen LogP contribution in [0.15, 0.2) is 133 Å². The molecule has 2 saturated heterocycles. The Morgan fingerprint density at radius 2 is 0.943 bits per heavy atom. The van der Waals surface area contributed by atoms with Crippen LogP contribution in [-0.2, 0) is 77.8 Å². The van der Waals surface area contributed by atoms with E-state index in [1.807, 2.05) is 127 Å². The minimum absolute atomic E-state index is 0.0174. The number of methoxy groups -OCH3 is 4. The van der Waals surface area contributed by atoms with E-state index in [0.29, 0.717) is 0 Å². The highest BCUT2D eigenvalue weighted by Gasteiger charge is 2.55. The van der Waals surface area contributed by atoms with E-state index in [-0.39, 0.29) is 77.1 Å². The van der Waals surface area contributed by atoms with E-state index < -0.39 is 98.5 Å². The van der Waals surface area contributed by atoms with Gasteiger partial charge in [-0.1, -0.05) is 133 Å². The highest BCUT2D eigenvalue weighted by molar-refractivity contribution is 5.87. The number of carbonyl (C=O) groups is 5. The van der Waals surface area contributed by atoms with Gasteiger partial charge in [0.2, 0.25) is 5.91 Å². The Kier molecular flexibility index (Phi) is 23.0. The van der Waals surface area contributed by atoms with Crippen molar-refractivity contribution in [3.63, 3.8) is 0 Å². The molecule has 5 N–H and O–H groups in total. The smallest absolute Gasteiger partial charge is 0.407 e. The Balaban J connectivity index is 1.02. The van der Waals surface area contributed by atoms with Crippen LogP contribution >= 0.6 is 0 Å². The van der Waals surface area contributed by atoms with Gasteiger partial charge in [0.15, 0.2) is 12.2 Å². The van der Waals surface area contributed by atoms with Crippen molar-refractivity contribution in [2.24, 2.45) is 5.11 Å². The van der Waals surface area contributed by atoms with Gasteiger partial charge in [-0.3, -0.25) is 14.4 Å². The zero-order chi connectivity index (χ0) is 61.1. The van der Waals surface area contributed by atoms with Crippen molar-refractivity contribution in [1.82, 2.24) is 26.6 Å². The first kappa shape index (κ1) is 63.5. The van der Waals surface area contributed by atoms with Crippen molar-refractivity contribution >= 4 is 29.9 Å². The monoisotopic (exact) mass is 1200 g/mol. The minimum Gasteiger partial charge on any atom is -0.449 e. The van der Waals surface area contributed by atoms with Gasteiger partial charge in [-0.05, 0) is 55.6 Å². The van der Waals surface area contributed by atoms with Gasteiger partial charge in [0, 0.05) is 71.2 Å². The number of benzene rings is 5. The lowest BCUT2D eigenvalue weighted by atomic mass is 9.89. The Hall–Kier alpha value is -8.04. The van der Waals surface area contributed by atoms with Crippen LogP contribution in [0.25, 0.3) is 32.7 Å². The Labute approximate surface area is 502 Å². The van der Waals surface area contributed by atoms with E-state index in [2.05, 4.69) is 36.6 Å². The van der Waals surface area contributed by atoms with Gasteiger partial charge in [-0.2, -0.15) is 0 Å². The summed E-state index contributed by atoms with van der Waals surface area (Å²) in [4.78, 5) is 74.6. The molecule has 0 bridgehead atoms. The topological polar surface area (TPSA) is 305 Å². The molecular weight excluding hydrogens is 1130 g/mol. The number of amides is 5. The van der Waals surface area contributed by atoms with Crippen molar-refractivity contribution in [2.45, 2.75) is 85.7 Å². The number of carbonyl (C=O) groups excluding carboxylic acids is 5. The summed E-state index contributed by atoms with van der Waals surface area (Å²) in [6, 6.07) is 37.7. The molecule has 0 aromatic heterocycles. The lowest BCUT2D eigenvalue weighted by Gasteiger charge is -2.48. The number of nitrogens with zero attached hydrogens (tertiary/aromatic N) is 3. The SMILES string of the molecule is COCO[C@@H]1[C@@H](NC(=O)OCC2c3ccccc3-c3ccccc32)[C@H](C(=O)N[C@@H]2[C@@H](OCOC)[C@H](OCOC)[C@@H](CN=[N+]=[N-])O[C@H]2C(=O)NCCC(=O)NCc2ccccc2)O[C@H](CNC(=O)OCC2c3ccccc3-c3ccccc32)[C@H]1OCOC. The average Bonchev–Trinajstić information content (AvgIpc) is 4.12. The zero-order valence-electron chi connectivity index (χ0n) is 48.6. The quantitative estimate of drug-likeness (QED) is 0.0170. The van der Waals surface area contributed by atoms with Crippen LogP contribution in [0.1, 0.15) is 46.1 Å². The van der Waals surface area contributed by atoms with E-state index in [0.717, 1.165) is 50.1 Å². The lowest BCUT2D eigenvalue weighted by Crippen LogP contribution is -2.72. The number of hydrogen-bond donors (Lipinski definition) is 5. The molecule has 5 amide bonds. The molecule has 2 fully saturated rings. The Bertz CT molecular complexity index is 3080. The van der Waals surface area contributed by atoms with Gasteiger partial charge in [0.05, 0.1) is 24.7 Å². The lowest BCUT2D eigenvalue weighted by molar-refractivity contribution is -0.249. The van der Waals surface area contributed by atoms with Crippen LogP contribution in [-0.4, -0.2) is 179 Å². The van der Waals surface area contributed by atoms with E-state index in [1.54, 1.807) is 0 Å². The van der Waals surface area contributed by atoms with Crippen molar-refractivity contribution in [3.05, 3.63) is 166 Å². The second-order valence-corrected chi connectivity index (χ2v) is 20.8. The van der Waals surface area contributed by atoms with Gasteiger partial charge in [0.25, 0.3) is 11.8 Å². The van der Waals surface area contributed by atoms with Gasteiger partial charge in [-0.25, -0.2) is 9.59 Å². The van der Waals surface area contributed by atoms with Crippen molar-refractivity contribution in [2.75, 3.05) is 88.5 Å². The molecule has 2 aliphatic carbocycles. The molecule has 0 unspecified atom stereocenters. The molecule has 2 heterocycles. The molecule has 87 heavy (non-hydrogen) atoms. The maximum atomic E-state index is 15.7. The molecule has 9 rings (SSSR count). The fourth-order valence-electron chi connectivity index (χ4n) is 11.6. The molecule has 5 aromatic carbocycles. The first-order valence-corrected chi connectivity index (χ1v) is 28.4. The van der Waals surface area contributed by atoms with Crippen molar-refractivity contribution in [1.29, 1.82) is 0 Å². The number of hydrogen-bond acceptors (Lipinski definition) is 18. The number of nitrogens with one attached hydrogen (secondary N) is 5. The van der Waals surface area contributed by atoms with E-state index in [9.17, 15) is 24.7 Å². The molecule has 462 valence electrons. The largest absolute Gasteiger partial charge is 0.449 e. The van der Waals surface area contributed by atoms with Crippen LogP contribution in [0, 0.1) is 0 Å². The van der Waals surface area contributed by atoms with Gasteiger partial charge >= 0.3 is 12.2 Å². The molecule has 4 aliphatic rings. The number of ether oxygens (including phenoxy) is 12. The third-order valence-electron chi connectivity index (χ3n) is 15.5. The summed E-state index contributed by atoms with van der Waals surface area (Å²) in [5.41, 5.74) is 18.3. The molecule has 5 aromatic rings. The van der Waals surface area contributed by atoms with Gasteiger partial charge in [0.1, 0.15) is 70.9 Å². The fourth-order valence-corrected chi connectivity index (χ4v) is 11.6. The fraction of sp³-hybridized carbons (Fsp3) is 0.435. The highest BCUT2D eigenvalue weighted by Crippen LogP contribution is 2.46. The highest BCUT2D eigenvalue weighted by atomic mass is 16.7. The number of rotatable bonds is 29. The average molecular weight is 1200 g/mol. The summed E-state index contributed by atoms with van der Waals surface area (Å²) < 4.78 is 71.5. The molecule has 25 nitrogen and oxygen atoms in total. The summed E-state index contributed by atoms with van der Waals surface area (Å²) in [5, 5.41) is 17.8. The van der Waals surface area contributed by atoms with Crippen LogP contribution in [0.4, 0.5) is 9.59 Å². The summed E-state index contributed by atoms with van der Waals surface area (Å²) >= 11 is 0. The third kappa shape index (κ3) is 15.6. The third-order valence-corrected chi connectivity index (χ3v) is 15.5.